The number of amides is 1. The highest BCUT2D eigenvalue weighted by Gasteiger charge is 2.25. The fourth-order valence-electron chi connectivity index (χ4n) is 3.57. The first-order valence-corrected chi connectivity index (χ1v) is 10.7. The van der Waals surface area contributed by atoms with Crippen molar-refractivity contribution in [1.82, 2.24) is 15.2 Å². The summed E-state index contributed by atoms with van der Waals surface area (Å²) >= 11 is 7.92. The average Bonchev–Trinajstić information content (AvgIpc) is 3.46. The van der Waals surface area contributed by atoms with Gasteiger partial charge in [-0.1, -0.05) is 29.8 Å². The molecule has 1 aliphatic heterocycles. The zero-order valence-corrected chi connectivity index (χ0v) is 17.0. The summed E-state index contributed by atoms with van der Waals surface area (Å²) in [7, 11) is 0. The molecular weight excluding hydrogens is 394 g/mol. The molecule has 0 spiro atoms. The molecule has 2 aromatic heterocycles. The van der Waals surface area contributed by atoms with Crippen molar-refractivity contribution in [3.8, 4) is 10.8 Å². The van der Waals surface area contributed by atoms with Crippen LogP contribution < -0.4 is 5.32 Å². The molecule has 0 aliphatic carbocycles. The van der Waals surface area contributed by atoms with E-state index >= 15 is 0 Å². The van der Waals surface area contributed by atoms with Crippen LogP contribution in [0.1, 0.15) is 30.1 Å². The molecule has 1 aromatic carbocycles. The third-order valence-electron chi connectivity index (χ3n) is 4.96. The molecule has 5 nitrogen and oxygen atoms in total. The first kappa shape index (κ1) is 19.2. The van der Waals surface area contributed by atoms with E-state index in [1.165, 1.54) is 24.2 Å². The smallest absolute Gasteiger partial charge is 0.226 e. The maximum absolute atomic E-state index is 12.5. The number of halogens is 1. The van der Waals surface area contributed by atoms with Crippen molar-refractivity contribution in [2.45, 2.75) is 25.3 Å². The van der Waals surface area contributed by atoms with Gasteiger partial charge in [0.25, 0.3) is 0 Å². The van der Waals surface area contributed by atoms with Gasteiger partial charge in [-0.2, -0.15) is 0 Å². The molecule has 3 aromatic rings. The highest BCUT2D eigenvalue weighted by molar-refractivity contribution is 7.13. The van der Waals surface area contributed by atoms with Crippen LogP contribution in [0, 0.1) is 0 Å². The van der Waals surface area contributed by atoms with E-state index in [0.717, 1.165) is 40.1 Å². The lowest BCUT2D eigenvalue weighted by molar-refractivity contribution is -0.120. The van der Waals surface area contributed by atoms with E-state index in [9.17, 15) is 4.79 Å². The summed E-state index contributed by atoms with van der Waals surface area (Å²) in [6, 6.07) is 11.7. The van der Waals surface area contributed by atoms with Crippen LogP contribution in [0.3, 0.4) is 0 Å². The number of likely N-dealkylation sites (tertiary alicyclic amines) is 1. The lowest BCUT2D eigenvalue weighted by atomic mass is 10.1. The molecule has 0 saturated carbocycles. The molecule has 7 heteroatoms. The standard InChI is InChI=1S/C21H22ClN3O2S/c22-17-7-2-1-6-16(17)18(25-9-3-4-10-25)13-23-20(26)12-15-14-28-21(24-15)19-8-5-11-27-19/h1-2,5-8,11,14,18H,3-4,9-10,12-13H2,(H,23,26)/t18-/m1/s1. The second kappa shape index (κ2) is 8.90. The van der Waals surface area contributed by atoms with Crippen LogP contribution in [-0.4, -0.2) is 35.4 Å². The molecule has 1 fully saturated rings. The van der Waals surface area contributed by atoms with Gasteiger partial charge in [-0.05, 0) is 49.7 Å². The Kier molecular flexibility index (Phi) is 6.10. The highest BCUT2D eigenvalue weighted by atomic mass is 35.5. The Labute approximate surface area is 173 Å². The molecule has 4 rings (SSSR count). The van der Waals surface area contributed by atoms with Crippen molar-refractivity contribution >= 4 is 28.8 Å². The number of furan rings is 1. The topological polar surface area (TPSA) is 58.4 Å². The number of thiazole rings is 1. The molecule has 1 atom stereocenters. The zero-order valence-electron chi connectivity index (χ0n) is 15.4. The minimum absolute atomic E-state index is 0.0347. The van der Waals surface area contributed by atoms with E-state index in [4.69, 9.17) is 16.0 Å². The van der Waals surface area contributed by atoms with E-state index in [2.05, 4.69) is 15.2 Å². The van der Waals surface area contributed by atoms with Crippen LogP contribution in [0.2, 0.25) is 5.02 Å². The molecule has 28 heavy (non-hydrogen) atoms. The van der Waals surface area contributed by atoms with Gasteiger partial charge in [0.1, 0.15) is 0 Å². The van der Waals surface area contributed by atoms with E-state index in [-0.39, 0.29) is 18.4 Å². The minimum atomic E-state index is -0.0347. The van der Waals surface area contributed by atoms with Gasteiger partial charge in [0.05, 0.1) is 24.4 Å². The SMILES string of the molecule is O=C(Cc1csc(-c2ccco2)n1)NC[C@H](c1ccccc1Cl)N1CCCC1. The summed E-state index contributed by atoms with van der Waals surface area (Å²) in [5.74, 6) is 0.692. The van der Waals surface area contributed by atoms with Crippen molar-refractivity contribution in [2.75, 3.05) is 19.6 Å². The molecule has 3 heterocycles. The van der Waals surface area contributed by atoms with E-state index in [1.807, 2.05) is 41.8 Å². The van der Waals surface area contributed by atoms with Gasteiger partial charge in [0.15, 0.2) is 10.8 Å². The maximum atomic E-state index is 12.5. The summed E-state index contributed by atoms with van der Waals surface area (Å²) in [6.45, 7) is 2.60. The van der Waals surface area contributed by atoms with Gasteiger partial charge in [-0.15, -0.1) is 11.3 Å². The van der Waals surface area contributed by atoms with Crippen LogP contribution in [0.5, 0.6) is 0 Å². The molecule has 1 saturated heterocycles. The van der Waals surface area contributed by atoms with Gasteiger partial charge in [-0.25, -0.2) is 4.98 Å². The van der Waals surface area contributed by atoms with Gasteiger partial charge in [0.2, 0.25) is 5.91 Å². The quantitative estimate of drug-likeness (QED) is 0.614. The first-order valence-electron chi connectivity index (χ1n) is 9.44. The van der Waals surface area contributed by atoms with Crippen molar-refractivity contribution in [3.63, 3.8) is 0 Å². The zero-order chi connectivity index (χ0) is 19.3. The van der Waals surface area contributed by atoms with Crippen molar-refractivity contribution in [3.05, 3.63) is 64.3 Å². The van der Waals surface area contributed by atoms with Crippen LogP contribution in [0.15, 0.2) is 52.5 Å². The molecule has 0 radical (unpaired) electrons. The molecule has 0 unspecified atom stereocenters. The van der Waals surface area contributed by atoms with Gasteiger partial charge in [-0.3, -0.25) is 9.69 Å². The largest absolute Gasteiger partial charge is 0.462 e. The number of rotatable bonds is 7. The first-order chi connectivity index (χ1) is 13.7. The van der Waals surface area contributed by atoms with Crippen LogP contribution in [0.25, 0.3) is 10.8 Å². The normalized spacial score (nSPS) is 15.6. The minimum Gasteiger partial charge on any atom is -0.462 e. The second-order valence-electron chi connectivity index (χ2n) is 6.88. The molecular formula is C21H22ClN3O2S. The average molecular weight is 416 g/mol. The fraction of sp³-hybridized carbons (Fsp3) is 0.333. The summed E-state index contributed by atoms with van der Waals surface area (Å²) in [6.07, 6.45) is 4.25. The number of hydrogen-bond donors (Lipinski definition) is 1. The van der Waals surface area contributed by atoms with Crippen molar-refractivity contribution < 1.29 is 9.21 Å². The maximum Gasteiger partial charge on any atom is 0.226 e. The number of aromatic nitrogens is 1. The number of carbonyl (C=O) groups is 1. The van der Waals surface area contributed by atoms with Crippen LogP contribution >= 0.6 is 22.9 Å². The van der Waals surface area contributed by atoms with Crippen LogP contribution in [-0.2, 0) is 11.2 Å². The summed E-state index contributed by atoms with van der Waals surface area (Å²) in [4.78, 5) is 19.4. The molecule has 1 amide bonds. The van der Waals surface area contributed by atoms with Gasteiger partial charge < -0.3 is 9.73 Å². The lowest BCUT2D eigenvalue weighted by Gasteiger charge is -2.29. The fourth-order valence-corrected chi connectivity index (χ4v) is 4.62. The number of carbonyl (C=O) groups excluding carboxylic acids is 1. The summed E-state index contributed by atoms with van der Waals surface area (Å²) in [5.41, 5.74) is 1.82. The Morgan fingerprint density at radius 3 is 2.82 bits per heavy atom. The second-order valence-corrected chi connectivity index (χ2v) is 8.15. The molecule has 146 valence electrons. The van der Waals surface area contributed by atoms with Crippen LogP contribution in [0.4, 0.5) is 0 Å². The summed E-state index contributed by atoms with van der Waals surface area (Å²) in [5, 5.41) is 6.52. The number of hydrogen-bond acceptors (Lipinski definition) is 5. The molecule has 1 aliphatic rings. The summed E-state index contributed by atoms with van der Waals surface area (Å²) < 4.78 is 5.36. The Morgan fingerprint density at radius 1 is 1.25 bits per heavy atom. The third-order valence-corrected chi connectivity index (χ3v) is 6.21. The predicted octanol–water partition coefficient (Wildman–Crippen LogP) is 4.55. The Morgan fingerprint density at radius 2 is 2.07 bits per heavy atom. The highest BCUT2D eigenvalue weighted by Crippen LogP contribution is 2.30. The Balaban J connectivity index is 1.39. The van der Waals surface area contributed by atoms with Gasteiger partial charge in [0, 0.05) is 16.9 Å². The lowest BCUT2D eigenvalue weighted by Crippen LogP contribution is -2.37. The number of benzene rings is 1. The van der Waals surface area contributed by atoms with E-state index < -0.39 is 0 Å². The Hall–Kier alpha value is -2.15. The van der Waals surface area contributed by atoms with E-state index in [0.29, 0.717) is 6.54 Å². The monoisotopic (exact) mass is 415 g/mol. The third kappa shape index (κ3) is 4.46. The number of nitrogens with one attached hydrogen (secondary N) is 1. The van der Waals surface area contributed by atoms with E-state index in [1.54, 1.807) is 6.26 Å². The predicted molar refractivity (Wildman–Crippen MR) is 112 cm³/mol. The Bertz CT molecular complexity index is 919. The molecule has 0 bridgehead atoms. The molecule has 1 N–H and O–H groups in total. The number of nitrogens with zero attached hydrogens (tertiary/aromatic N) is 2. The van der Waals surface area contributed by atoms with Crippen molar-refractivity contribution in [2.24, 2.45) is 0 Å². The van der Waals surface area contributed by atoms with Gasteiger partial charge >= 0.3 is 0 Å². The van der Waals surface area contributed by atoms with Crippen molar-refractivity contribution in [1.29, 1.82) is 0 Å².